The molecular formula is C22H27NO3. The van der Waals surface area contributed by atoms with Crippen LogP contribution < -0.4 is 10.1 Å². The van der Waals surface area contributed by atoms with Crippen molar-refractivity contribution in [3.05, 3.63) is 65.2 Å². The SMILES string of the molecule is COc1ccc(CNC(=O)CCC(=O)c2ccc(C(C)(C)C)cc2)cc1. The van der Waals surface area contributed by atoms with E-state index < -0.39 is 0 Å². The number of hydrogen-bond donors (Lipinski definition) is 1. The summed E-state index contributed by atoms with van der Waals surface area (Å²) in [7, 11) is 1.62. The number of amides is 1. The maximum atomic E-state index is 12.3. The molecule has 0 unspecified atom stereocenters. The largest absolute Gasteiger partial charge is 0.497 e. The van der Waals surface area contributed by atoms with Crippen molar-refractivity contribution >= 4 is 11.7 Å². The van der Waals surface area contributed by atoms with Gasteiger partial charge in [-0.2, -0.15) is 0 Å². The van der Waals surface area contributed by atoms with Crippen LogP contribution in [0.2, 0.25) is 0 Å². The number of carbonyl (C=O) groups is 2. The maximum absolute atomic E-state index is 12.3. The molecule has 0 bridgehead atoms. The van der Waals surface area contributed by atoms with E-state index in [0.717, 1.165) is 11.3 Å². The Morgan fingerprint density at radius 2 is 1.54 bits per heavy atom. The van der Waals surface area contributed by atoms with Gasteiger partial charge < -0.3 is 10.1 Å². The molecule has 26 heavy (non-hydrogen) atoms. The van der Waals surface area contributed by atoms with E-state index in [9.17, 15) is 9.59 Å². The molecule has 4 heteroatoms. The quantitative estimate of drug-likeness (QED) is 0.756. The van der Waals surface area contributed by atoms with Crippen LogP contribution in [0.4, 0.5) is 0 Å². The van der Waals surface area contributed by atoms with Gasteiger partial charge in [0, 0.05) is 24.9 Å². The minimum atomic E-state index is -0.125. The lowest BCUT2D eigenvalue weighted by molar-refractivity contribution is -0.121. The predicted octanol–water partition coefficient (Wildman–Crippen LogP) is 4.27. The van der Waals surface area contributed by atoms with E-state index in [-0.39, 0.29) is 29.9 Å². The van der Waals surface area contributed by atoms with Crippen molar-refractivity contribution in [2.24, 2.45) is 0 Å². The van der Waals surface area contributed by atoms with Crippen LogP contribution in [0, 0.1) is 0 Å². The minimum absolute atomic E-state index is 0.00921. The molecule has 0 aromatic heterocycles. The average Bonchev–Trinajstić information content (AvgIpc) is 2.64. The van der Waals surface area contributed by atoms with Gasteiger partial charge in [0.15, 0.2) is 5.78 Å². The van der Waals surface area contributed by atoms with Gasteiger partial charge >= 0.3 is 0 Å². The van der Waals surface area contributed by atoms with E-state index in [1.54, 1.807) is 7.11 Å². The molecule has 0 aliphatic heterocycles. The first-order valence-corrected chi connectivity index (χ1v) is 8.83. The number of Topliss-reactive ketones (excluding diaryl/α,β-unsaturated/α-hetero) is 1. The van der Waals surface area contributed by atoms with Crippen molar-refractivity contribution in [2.45, 2.75) is 45.6 Å². The zero-order chi connectivity index (χ0) is 19.2. The summed E-state index contributed by atoms with van der Waals surface area (Å²) in [5.41, 5.74) is 2.89. The van der Waals surface area contributed by atoms with Gasteiger partial charge in [-0.1, -0.05) is 57.2 Å². The Kier molecular flexibility index (Phi) is 6.56. The van der Waals surface area contributed by atoms with Crippen molar-refractivity contribution in [3.63, 3.8) is 0 Å². The molecule has 2 aromatic rings. The van der Waals surface area contributed by atoms with Crippen molar-refractivity contribution < 1.29 is 14.3 Å². The molecule has 0 aliphatic rings. The molecule has 0 saturated heterocycles. The van der Waals surface area contributed by atoms with E-state index in [1.807, 2.05) is 48.5 Å². The third-order valence-electron chi connectivity index (χ3n) is 4.30. The Hall–Kier alpha value is -2.62. The van der Waals surface area contributed by atoms with Gasteiger partial charge in [-0.15, -0.1) is 0 Å². The van der Waals surface area contributed by atoms with Gasteiger partial charge in [-0.25, -0.2) is 0 Å². The monoisotopic (exact) mass is 353 g/mol. The average molecular weight is 353 g/mol. The number of carbonyl (C=O) groups excluding carboxylic acids is 2. The number of hydrogen-bond acceptors (Lipinski definition) is 3. The highest BCUT2D eigenvalue weighted by atomic mass is 16.5. The van der Waals surface area contributed by atoms with Gasteiger partial charge in [0.25, 0.3) is 0 Å². The molecule has 0 heterocycles. The summed E-state index contributed by atoms with van der Waals surface area (Å²) < 4.78 is 5.10. The molecule has 4 nitrogen and oxygen atoms in total. The van der Waals surface area contributed by atoms with Crippen LogP contribution in [0.3, 0.4) is 0 Å². The van der Waals surface area contributed by atoms with Gasteiger partial charge in [0.05, 0.1) is 7.11 Å². The van der Waals surface area contributed by atoms with E-state index in [0.29, 0.717) is 12.1 Å². The summed E-state index contributed by atoms with van der Waals surface area (Å²) in [5, 5.41) is 2.84. The first-order valence-electron chi connectivity index (χ1n) is 8.83. The van der Waals surface area contributed by atoms with Gasteiger partial charge in [0.2, 0.25) is 5.91 Å². The molecule has 0 aliphatic carbocycles. The zero-order valence-corrected chi connectivity index (χ0v) is 16.0. The van der Waals surface area contributed by atoms with E-state index in [4.69, 9.17) is 4.74 Å². The summed E-state index contributed by atoms with van der Waals surface area (Å²) >= 11 is 0. The maximum Gasteiger partial charge on any atom is 0.220 e. The first kappa shape index (κ1) is 19.7. The lowest BCUT2D eigenvalue weighted by Crippen LogP contribution is -2.23. The molecule has 0 radical (unpaired) electrons. The van der Waals surface area contributed by atoms with Crippen molar-refractivity contribution in [1.82, 2.24) is 5.32 Å². The van der Waals surface area contributed by atoms with E-state index in [2.05, 4.69) is 26.1 Å². The summed E-state index contributed by atoms with van der Waals surface area (Å²) in [4.78, 5) is 24.2. The van der Waals surface area contributed by atoms with Gasteiger partial charge in [-0.05, 0) is 28.7 Å². The summed E-state index contributed by atoms with van der Waals surface area (Å²) in [6, 6.07) is 15.2. The van der Waals surface area contributed by atoms with Crippen molar-refractivity contribution in [1.29, 1.82) is 0 Å². The molecule has 0 fully saturated rings. The lowest BCUT2D eigenvalue weighted by atomic mass is 9.86. The summed E-state index contributed by atoms with van der Waals surface area (Å²) in [6.45, 7) is 6.85. The first-order chi connectivity index (χ1) is 12.3. The summed E-state index contributed by atoms with van der Waals surface area (Å²) in [5.74, 6) is 0.647. The highest BCUT2D eigenvalue weighted by Crippen LogP contribution is 2.22. The smallest absolute Gasteiger partial charge is 0.220 e. The fourth-order valence-corrected chi connectivity index (χ4v) is 2.56. The zero-order valence-electron chi connectivity index (χ0n) is 16.0. The predicted molar refractivity (Wildman–Crippen MR) is 104 cm³/mol. The lowest BCUT2D eigenvalue weighted by Gasteiger charge is -2.18. The van der Waals surface area contributed by atoms with Crippen LogP contribution in [-0.2, 0) is 16.8 Å². The molecule has 1 amide bonds. The summed E-state index contributed by atoms with van der Waals surface area (Å²) in [6.07, 6.45) is 0.402. The second kappa shape index (κ2) is 8.65. The number of ketones is 1. The molecule has 0 spiro atoms. The highest BCUT2D eigenvalue weighted by molar-refractivity contribution is 5.98. The highest BCUT2D eigenvalue weighted by Gasteiger charge is 2.15. The second-order valence-electron chi connectivity index (χ2n) is 7.38. The van der Waals surface area contributed by atoms with Gasteiger partial charge in [-0.3, -0.25) is 9.59 Å². The topological polar surface area (TPSA) is 55.4 Å². The van der Waals surface area contributed by atoms with E-state index in [1.165, 1.54) is 5.56 Å². The Bertz CT molecular complexity index is 740. The number of benzene rings is 2. The number of ether oxygens (including phenoxy) is 1. The Morgan fingerprint density at radius 3 is 2.08 bits per heavy atom. The van der Waals surface area contributed by atoms with Crippen molar-refractivity contribution in [2.75, 3.05) is 7.11 Å². The molecule has 0 saturated carbocycles. The normalized spacial score (nSPS) is 11.1. The minimum Gasteiger partial charge on any atom is -0.497 e. The molecular weight excluding hydrogens is 326 g/mol. The van der Waals surface area contributed by atoms with Crippen LogP contribution in [-0.4, -0.2) is 18.8 Å². The molecule has 0 atom stereocenters. The van der Waals surface area contributed by atoms with Crippen LogP contribution in [0.15, 0.2) is 48.5 Å². The van der Waals surface area contributed by atoms with Crippen LogP contribution in [0.5, 0.6) is 5.75 Å². The fourth-order valence-electron chi connectivity index (χ4n) is 2.56. The van der Waals surface area contributed by atoms with Gasteiger partial charge in [0.1, 0.15) is 5.75 Å². The third kappa shape index (κ3) is 5.73. The number of nitrogens with one attached hydrogen (secondary N) is 1. The number of methoxy groups -OCH3 is 1. The Morgan fingerprint density at radius 1 is 0.923 bits per heavy atom. The molecule has 2 rings (SSSR count). The van der Waals surface area contributed by atoms with E-state index >= 15 is 0 Å². The standard InChI is InChI=1S/C22H27NO3/c1-22(2,3)18-9-7-17(8-10-18)20(24)13-14-21(25)23-15-16-5-11-19(26-4)12-6-16/h5-12H,13-15H2,1-4H3,(H,23,25). The molecule has 138 valence electrons. The molecule has 2 aromatic carbocycles. The third-order valence-corrected chi connectivity index (χ3v) is 4.30. The fraction of sp³-hybridized carbons (Fsp3) is 0.364. The molecule has 1 N–H and O–H groups in total. The Balaban J connectivity index is 1.79. The van der Waals surface area contributed by atoms with Crippen LogP contribution in [0.25, 0.3) is 0 Å². The van der Waals surface area contributed by atoms with Crippen LogP contribution >= 0.6 is 0 Å². The second-order valence-corrected chi connectivity index (χ2v) is 7.38. The van der Waals surface area contributed by atoms with Crippen LogP contribution in [0.1, 0.15) is 55.1 Å². The number of rotatable bonds is 7. The van der Waals surface area contributed by atoms with Crippen molar-refractivity contribution in [3.8, 4) is 5.75 Å². The Labute approximate surface area is 155 Å².